The highest BCUT2D eigenvalue weighted by Gasteiger charge is 2.23. The zero-order valence-corrected chi connectivity index (χ0v) is 22.0. The summed E-state index contributed by atoms with van der Waals surface area (Å²) in [5, 5.41) is 0. The lowest BCUT2D eigenvalue weighted by Crippen LogP contribution is -2.28. The number of hydrogen-bond donors (Lipinski definition) is 0. The predicted molar refractivity (Wildman–Crippen MR) is 141 cm³/mol. The molecule has 34 heavy (non-hydrogen) atoms. The van der Waals surface area contributed by atoms with Gasteiger partial charge in [-0.2, -0.15) is 0 Å². The largest absolute Gasteiger partial charge is 0.491 e. The van der Waals surface area contributed by atoms with Crippen LogP contribution in [0.4, 0.5) is 11.5 Å². The third-order valence-corrected chi connectivity index (χ3v) is 7.23. The van der Waals surface area contributed by atoms with Gasteiger partial charge in [0.15, 0.2) is 0 Å². The Labute approximate surface area is 209 Å². The smallest absolute Gasteiger partial charge is 0.147 e. The number of halogens is 1. The summed E-state index contributed by atoms with van der Waals surface area (Å²) in [7, 11) is 4.07. The van der Waals surface area contributed by atoms with Crippen LogP contribution in [0.1, 0.15) is 35.1 Å². The highest BCUT2D eigenvalue weighted by Crippen LogP contribution is 2.38. The van der Waals surface area contributed by atoms with Crippen LogP contribution < -0.4 is 9.64 Å². The van der Waals surface area contributed by atoms with Crippen molar-refractivity contribution in [1.82, 2.24) is 14.9 Å². The molecule has 5 rings (SSSR count). The molecule has 0 bridgehead atoms. The Morgan fingerprint density at radius 2 is 1.85 bits per heavy atom. The number of aliphatic imine (C=N–C) groups is 1. The summed E-state index contributed by atoms with van der Waals surface area (Å²) in [6.07, 6.45) is 0.949. The normalized spacial score (nSPS) is 15.0. The number of hydrogen-bond acceptors (Lipinski definition) is 6. The first-order valence-electron chi connectivity index (χ1n) is 11.6. The van der Waals surface area contributed by atoms with Crippen molar-refractivity contribution in [3.63, 3.8) is 0 Å². The lowest BCUT2D eigenvalue weighted by molar-refractivity contribution is 0.329. The van der Waals surface area contributed by atoms with Crippen molar-refractivity contribution in [2.75, 3.05) is 32.1 Å². The highest BCUT2D eigenvalue weighted by molar-refractivity contribution is 9.10. The van der Waals surface area contributed by atoms with Crippen LogP contribution >= 0.6 is 15.9 Å². The standard InChI is InChI=1S/C27H30BrN5O/c1-16-10-21(19-6-7-20-11-17(2)29-23(20)13-19)12-22-14-33(8-9-34-26(16)22)27-25(28)18(3)30-24(31-27)15-32(4)5/h6-7,10,12-13H,8-9,11,14-15H2,1-5H3. The maximum atomic E-state index is 6.24. The van der Waals surface area contributed by atoms with Gasteiger partial charge in [-0.3, -0.25) is 4.99 Å². The molecule has 2 aliphatic rings. The fraction of sp³-hybridized carbons (Fsp3) is 0.370. The average molecular weight is 520 g/mol. The molecule has 0 radical (unpaired) electrons. The Balaban J connectivity index is 1.52. The Bertz CT molecular complexity index is 1300. The van der Waals surface area contributed by atoms with Crippen molar-refractivity contribution < 1.29 is 4.74 Å². The molecule has 3 heterocycles. The van der Waals surface area contributed by atoms with Crippen LogP contribution in [0.25, 0.3) is 11.1 Å². The van der Waals surface area contributed by atoms with Gasteiger partial charge in [-0.25, -0.2) is 9.97 Å². The van der Waals surface area contributed by atoms with Crippen molar-refractivity contribution in [2.24, 2.45) is 4.99 Å². The predicted octanol–water partition coefficient (Wildman–Crippen LogP) is 5.63. The molecule has 6 nitrogen and oxygen atoms in total. The molecule has 0 saturated heterocycles. The monoisotopic (exact) mass is 519 g/mol. The minimum Gasteiger partial charge on any atom is -0.491 e. The van der Waals surface area contributed by atoms with E-state index in [-0.39, 0.29) is 0 Å². The number of fused-ring (bicyclic) bond motifs is 2. The summed E-state index contributed by atoms with van der Waals surface area (Å²) in [6, 6.07) is 11.1. The number of ether oxygens (including phenoxy) is 1. The first-order valence-corrected chi connectivity index (χ1v) is 12.4. The van der Waals surface area contributed by atoms with E-state index >= 15 is 0 Å². The Morgan fingerprint density at radius 3 is 2.65 bits per heavy atom. The zero-order valence-electron chi connectivity index (χ0n) is 20.4. The summed E-state index contributed by atoms with van der Waals surface area (Å²) in [4.78, 5) is 18.7. The molecule has 3 aromatic rings. The number of rotatable bonds is 4. The molecular formula is C27H30BrN5O. The zero-order chi connectivity index (χ0) is 24.0. The molecule has 0 atom stereocenters. The van der Waals surface area contributed by atoms with E-state index in [0.717, 1.165) is 58.3 Å². The minimum absolute atomic E-state index is 0.610. The molecule has 0 N–H and O–H groups in total. The first-order chi connectivity index (χ1) is 16.3. The van der Waals surface area contributed by atoms with Gasteiger partial charge in [0.05, 0.1) is 28.9 Å². The highest BCUT2D eigenvalue weighted by atomic mass is 79.9. The molecule has 0 amide bonds. The fourth-order valence-electron chi connectivity index (χ4n) is 4.74. The van der Waals surface area contributed by atoms with E-state index < -0.39 is 0 Å². The van der Waals surface area contributed by atoms with Crippen LogP contribution in [0.2, 0.25) is 0 Å². The van der Waals surface area contributed by atoms with Crippen molar-refractivity contribution in [1.29, 1.82) is 0 Å². The van der Waals surface area contributed by atoms with Crippen LogP contribution in [0.3, 0.4) is 0 Å². The molecule has 7 heteroatoms. The summed E-state index contributed by atoms with van der Waals surface area (Å²) < 4.78 is 7.19. The summed E-state index contributed by atoms with van der Waals surface area (Å²) >= 11 is 3.75. The van der Waals surface area contributed by atoms with E-state index in [0.29, 0.717) is 13.2 Å². The average Bonchev–Trinajstić information content (AvgIpc) is 3.01. The lowest BCUT2D eigenvalue weighted by Gasteiger charge is -2.24. The van der Waals surface area contributed by atoms with E-state index in [1.54, 1.807) is 0 Å². The van der Waals surface area contributed by atoms with Crippen molar-refractivity contribution in [3.8, 4) is 16.9 Å². The second-order valence-corrected chi connectivity index (χ2v) is 10.3. The number of benzene rings is 2. The van der Waals surface area contributed by atoms with Gasteiger partial charge >= 0.3 is 0 Å². The minimum atomic E-state index is 0.610. The van der Waals surface area contributed by atoms with Crippen LogP contribution in [0.5, 0.6) is 5.75 Å². The fourth-order valence-corrected chi connectivity index (χ4v) is 5.17. The molecule has 0 saturated carbocycles. The quantitative estimate of drug-likeness (QED) is 0.446. The third kappa shape index (κ3) is 4.46. The third-order valence-electron chi connectivity index (χ3n) is 6.30. The number of aromatic nitrogens is 2. The number of nitrogens with zero attached hydrogens (tertiary/aromatic N) is 5. The molecular weight excluding hydrogens is 490 g/mol. The van der Waals surface area contributed by atoms with Gasteiger partial charge in [-0.15, -0.1) is 0 Å². The van der Waals surface area contributed by atoms with Crippen LogP contribution in [-0.4, -0.2) is 47.8 Å². The molecule has 0 fully saturated rings. The van der Waals surface area contributed by atoms with E-state index in [9.17, 15) is 0 Å². The number of aryl methyl sites for hydroxylation is 2. The SMILES string of the molecule is CC1=Nc2cc(-c3cc(C)c4c(c3)CN(c3nc(CN(C)C)nc(C)c3Br)CCO4)ccc2C1. The van der Waals surface area contributed by atoms with Crippen molar-refractivity contribution in [3.05, 3.63) is 63.0 Å². The van der Waals surface area contributed by atoms with E-state index in [4.69, 9.17) is 14.7 Å². The van der Waals surface area contributed by atoms with Gasteiger partial charge in [0.1, 0.15) is 24.0 Å². The van der Waals surface area contributed by atoms with Crippen LogP contribution in [-0.2, 0) is 19.5 Å². The Morgan fingerprint density at radius 1 is 1.03 bits per heavy atom. The van der Waals surface area contributed by atoms with Gasteiger partial charge in [-0.1, -0.05) is 12.1 Å². The maximum absolute atomic E-state index is 6.24. The van der Waals surface area contributed by atoms with Gasteiger partial charge in [0.2, 0.25) is 0 Å². The molecule has 0 spiro atoms. The molecule has 2 aromatic carbocycles. The molecule has 176 valence electrons. The lowest BCUT2D eigenvalue weighted by atomic mass is 9.97. The van der Waals surface area contributed by atoms with Gasteiger partial charge < -0.3 is 14.5 Å². The molecule has 2 aliphatic heterocycles. The van der Waals surface area contributed by atoms with Crippen molar-refractivity contribution >= 4 is 33.1 Å². The summed E-state index contributed by atoms with van der Waals surface area (Å²) in [5.74, 6) is 2.73. The summed E-state index contributed by atoms with van der Waals surface area (Å²) in [5.41, 5.74) is 9.22. The van der Waals surface area contributed by atoms with Gasteiger partial charge in [0, 0.05) is 24.2 Å². The second kappa shape index (κ2) is 9.12. The molecule has 1 aromatic heterocycles. The Hall–Kier alpha value is -2.77. The van der Waals surface area contributed by atoms with E-state index in [1.165, 1.54) is 28.0 Å². The molecule has 0 unspecified atom stereocenters. The van der Waals surface area contributed by atoms with E-state index in [1.807, 2.05) is 21.0 Å². The van der Waals surface area contributed by atoms with Crippen LogP contribution in [0.15, 0.2) is 39.8 Å². The summed E-state index contributed by atoms with van der Waals surface area (Å²) in [6.45, 7) is 9.04. The topological polar surface area (TPSA) is 53.9 Å². The second-order valence-electron chi connectivity index (χ2n) is 9.52. The molecule has 0 aliphatic carbocycles. The Kier molecular flexibility index (Phi) is 6.16. The van der Waals surface area contributed by atoms with E-state index in [2.05, 4.69) is 74.9 Å². The van der Waals surface area contributed by atoms with Gasteiger partial charge in [-0.05, 0) is 91.2 Å². The number of anilines is 1. The van der Waals surface area contributed by atoms with Crippen LogP contribution in [0, 0.1) is 13.8 Å². The first kappa shape index (κ1) is 23.0. The van der Waals surface area contributed by atoms with Crippen molar-refractivity contribution in [2.45, 2.75) is 40.3 Å². The van der Waals surface area contributed by atoms with Gasteiger partial charge in [0.25, 0.3) is 0 Å². The maximum Gasteiger partial charge on any atom is 0.147 e.